The Morgan fingerprint density at radius 3 is 2.61 bits per heavy atom. The van der Waals surface area contributed by atoms with Crippen LogP contribution in [0.4, 0.5) is 28.7 Å². The van der Waals surface area contributed by atoms with E-state index in [1.807, 2.05) is 42.6 Å². The molecule has 1 unspecified atom stereocenters. The molecule has 1 aromatic carbocycles. The van der Waals surface area contributed by atoms with Crippen LogP contribution < -0.4 is 26.8 Å². The summed E-state index contributed by atoms with van der Waals surface area (Å²) < 4.78 is 1.71. The Kier molecular flexibility index (Phi) is 7.97. The van der Waals surface area contributed by atoms with Crippen molar-refractivity contribution in [3.05, 3.63) is 107 Å². The molecule has 10 nitrogen and oxygen atoms in total. The number of pyridine rings is 3. The summed E-state index contributed by atoms with van der Waals surface area (Å²) in [6.07, 6.45) is 14.7. The van der Waals surface area contributed by atoms with Crippen LogP contribution in [0.2, 0.25) is 0 Å². The van der Waals surface area contributed by atoms with Gasteiger partial charge in [-0.1, -0.05) is 12.1 Å². The van der Waals surface area contributed by atoms with E-state index in [0.29, 0.717) is 29.9 Å². The number of piperidine rings is 1. The topological polar surface area (TPSA) is 122 Å². The number of anilines is 5. The van der Waals surface area contributed by atoms with Crippen LogP contribution in [0.25, 0.3) is 16.6 Å². The Hall–Kier alpha value is -5.09. The van der Waals surface area contributed by atoms with Gasteiger partial charge in [0, 0.05) is 47.9 Å². The van der Waals surface area contributed by atoms with E-state index in [0.717, 1.165) is 72.5 Å². The van der Waals surface area contributed by atoms with Crippen molar-refractivity contribution in [2.45, 2.75) is 44.7 Å². The van der Waals surface area contributed by atoms with Gasteiger partial charge < -0.3 is 21.3 Å². The van der Waals surface area contributed by atoms with Crippen LogP contribution in [0.15, 0.2) is 90.3 Å². The van der Waals surface area contributed by atoms with Gasteiger partial charge in [0.1, 0.15) is 11.3 Å². The second kappa shape index (κ2) is 12.6. The minimum atomic E-state index is -0.186. The van der Waals surface area contributed by atoms with Gasteiger partial charge in [-0.25, -0.2) is 4.98 Å². The first kappa shape index (κ1) is 27.7. The zero-order chi connectivity index (χ0) is 29.7. The SMILES string of the molecule is O=c1c(Nc2cccnc2)cc2cnc(Nc3ccc(NC4CCCNC4)cc3)nc2n1Cc1cccnc1C1=CCCC1. The smallest absolute Gasteiger partial charge is 0.276 e. The molecule has 4 aromatic heterocycles. The molecule has 1 aliphatic carbocycles. The van der Waals surface area contributed by atoms with Gasteiger partial charge in [-0.2, -0.15) is 4.98 Å². The quantitative estimate of drug-likeness (QED) is 0.169. The first-order valence-corrected chi connectivity index (χ1v) is 15.2. The van der Waals surface area contributed by atoms with E-state index in [-0.39, 0.29) is 5.56 Å². The van der Waals surface area contributed by atoms with Crippen LogP contribution in [0, 0.1) is 0 Å². The molecule has 1 aliphatic heterocycles. The molecule has 2 aliphatic rings. The van der Waals surface area contributed by atoms with E-state index >= 15 is 0 Å². The zero-order valence-corrected chi connectivity index (χ0v) is 24.5. The maximum atomic E-state index is 14.0. The number of fused-ring (bicyclic) bond motifs is 1. The van der Waals surface area contributed by atoms with Crippen LogP contribution in [0.1, 0.15) is 43.4 Å². The van der Waals surface area contributed by atoms with Gasteiger partial charge in [0.2, 0.25) is 5.95 Å². The Bertz CT molecular complexity index is 1850. The molecular weight excluding hydrogens is 550 g/mol. The molecule has 10 heteroatoms. The van der Waals surface area contributed by atoms with E-state index in [1.54, 1.807) is 29.2 Å². The summed E-state index contributed by atoms with van der Waals surface area (Å²) >= 11 is 0. The van der Waals surface area contributed by atoms with Gasteiger partial charge in [0.05, 0.1) is 24.1 Å². The number of benzene rings is 1. The molecule has 0 saturated carbocycles. The van der Waals surface area contributed by atoms with Crippen LogP contribution in [-0.4, -0.2) is 43.6 Å². The molecule has 1 atom stereocenters. The van der Waals surface area contributed by atoms with Gasteiger partial charge in [0.25, 0.3) is 5.56 Å². The summed E-state index contributed by atoms with van der Waals surface area (Å²) in [5.74, 6) is 0.417. The molecule has 0 spiro atoms. The average molecular weight is 586 g/mol. The van der Waals surface area contributed by atoms with Crippen molar-refractivity contribution < 1.29 is 0 Å². The molecule has 5 aromatic rings. The normalized spacial score (nSPS) is 16.5. The summed E-state index contributed by atoms with van der Waals surface area (Å²) in [7, 11) is 0. The Balaban J connectivity index is 1.22. The maximum Gasteiger partial charge on any atom is 0.276 e. The van der Waals surface area contributed by atoms with Gasteiger partial charge >= 0.3 is 0 Å². The largest absolute Gasteiger partial charge is 0.381 e. The number of rotatable bonds is 9. The molecule has 4 N–H and O–H groups in total. The van der Waals surface area contributed by atoms with E-state index in [2.05, 4.69) is 49.4 Å². The molecule has 44 heavy (non-hydrogen) atoms. The van der Waals surface area contributed by atoms with Gasteiger partial charge in [0.15, 0.2) is 0 Å². The zero-order valence-electron chi connectivity index (χ0n) is 24.5. The highest BCUT2D eigenvalue weighted by molar-refractivity contribution is 5.81. The molecule has 0 radical (unpaired) electrons. The summed E-state index contributed by atoms with van der Waals surface area (Å²) in [5.41, 5.74) is 6.61. The number of nitrogens with zero attached hydrogens (tertiary/aromatic N) is 5. The minimum Gasteiger partial charge on any atom is -0.381 e. The predicted octanol–water partition coefficient (Wildman–Crippen LogP) is 5.85. The highest BCUT2D eigenvalue weighted by Crippen LogP contribution is 2.29. The maximum absolute atomic E-state index is 14.0. The van der Waals surface area contributed by atoms with Crippen molar-refractivity contribution in [1.29, 1.82) is 0 Å². The van der Waals surface area contributed by atoms with Crippen molar-refractivity contribution in [2.24, 2.45) is 0 Å². The van der Waals surface area contributed by atoms with Crippen molar-refractivity contribution in [2.75, 3.05) is 29.0 Å². The van der Waals surface area contributed by atoms with Crippen molar-refractivity contribution >= 4 is 45.3 Å². The van der Waals surface area contributed by atoms with Crippen LogP contribution in [-0.2, 0) is 6.54 Å². The molecule has 5 heterocycles. The molecular formula is C34H35N9O. The van der Waals surface area contributed by atoms with Gasteiger partial charge in [-0.15, -0.1) is 0 Å². The lowest BCUT2D eigenvalue weighted by molar-refractivity contribution is 0.480. The fraction of sp³-hybridized carbons (Fsp3) is 0.265. The fourth-order valence-electron chi connectivity index (χ4n) is 5.95. The Labute approximate surface area is 255 Å². The number of hydrogen-bond acceptors (Lipinski definition) is 9. The van der Waals surface area contributed by atoms with E-state index in [4.69, 9.17) is 9.97 Å². The van der Waals surface area contributed by atoms with Gasteiger partial charge in [-0.05, 0) is 98.3 Å². The summed E-state index contributed by atoms with van der Waals surface area (Å²) in [6, 6.07) is 18.1. The van der Waals surface area contributed by atoms with Crippen molar-refractivity contribution in [3.8, 4) is 0 Å². The molecule has 1 saturated heterocycles. The Morgan fingerprint density at radius 2 is 1.82 bits per heavy atom. The third-order valence-corrected chi connectivity index (χ3v) is 8.14. The average Bonchev–Trinajstić information content (AvgIpc) is 3.61. The lowest BCUT2D eigenvalue weighted by Crippen LogP contribution is -2.38. The van der Waals surface area contributed by atoms with E-state index < -0.39 is 0 Å². The van der Waals surface area contributed by atoms with E-state index in [9.17, 15) is 4.79 Å². The van der Waals surface area contributed by atoms with E-state index in [1.165, 1.54) is 12.0 Å². The van der Waals surface area contributed by atoms with Crippen molar-refractivity contribution in [1.82, 2.24) is 29.8 Å². The highest BCUT2D eigenvalue weighted by atomic mass is 16.1. The fourth-order valence-corrected chi connectivity index (χ4v) is 5.95. The molecule has 0 amide bonds. The highest BCUT2D eigenvalue weighted by Gasteiger charge is 2.18. The number of nitrogens with one attached hydrogen (secondary N) is 4. The van der Waals surface area contributed by atoms with Crippen LogP contribution in [0.5, 0.6) is 0 Å². The van der Waals surface area contributed by atoms with Gasteiger partial charge in [-0.3, -0.25) is 19.3 Å². The van der Waals surface area contributed by atoms with Crippen LogP contribution in [0.3, 0.4) is 0 Å². The summed E-state index contributed by atoms with van der Waals surface area (Å²) in [4.78, 5) is 32.4. The third-order valence-electron chi connectivity index (χ3n) is 8.14. The van der Waals surface area contributed by atoms with Crippen LogP contribution >= 0.6 is 0 Å². The lowest BCUT2D eigenvalue weighted by atomic mass is 10.1. The molecule has 222 valence electrons. The number of hydrogen-bond donors (Lipinski definition) is 4. The minimum absolute atomic E-state index is 0.186. The second-order valence-electron chi connectivity index (χ2n) is 11.3. The second-order valence-corrected chi connectivity index (χ2v) is 11.3. The summed E-state index contributed by atoms with van der Waals surface area (Å²) in [6.45, 7) is 2.39. The Morgan fingerprint density at radius 1 is 0.932 bits per heavy atom. The first-order valence-electron chi connectivity index (χ1n) is 15.2. The molecule has 7 rings (SSSR count). The number of aromatic nitrogens is 5. The third kappa shape index (κ3) is 6.16. The predicted molar refractivity (Wildman–Crippen MR) is 176 cm³/mol. The molecule has 0 bridgehead atoms. The monoisotopic (exact) mass is 585 g/mol. The standard InChI is InChI=1S/C34H35N9O/c44-33-30(40-29-10-5-16-36-21-29)18-25-19-38-34(41-27-13-11-26(12-14-27)39-28-9-4-15-35-20-28)42-32(25)43(33)22-24-8-3-17-37-31(24)23-6-1-2-7-23/h3,5-6,8,10-14,16-19,21,28,35,39-40H,1-2,4,7,9,15,20,22H2,(H,38,41,42). The number of allylic oxidation sites excluding steroid dienone is 2. The molecule has 1 fully saturated rings. The van der Waals surface area contributed by atoms with Crippen molar-refractivity contribution in [3.63, 3.8) is 0 Å². The summed E-state index contributed by atoms with van der Waals surface area (Å²) in [5, 5.41) is 14.4. The first-order chi connectivity index (χ1) is 21.7. The lowest BCUT2D eigenvalue weighted by Gasteiger charge is -2.24.